The molecular weight excluding hydrogens is 260 g/mol. The first-order valence-electron chi connectivity index (χ1n) is 7.37. The van der Waals surface area contributed by atoms with Gasteiger partial charge < -0.3 is 11.1 Å². The summed E-state index contributed by atoms with van der Waals surface area (Å²) in [5.41, 5.74) is 10.8. The first kappa shape index (κ1) is 13.7. The van der Waals surface area contributed by atoms with Gasteiger partial charge >= 0.3 is 0 Å². The van der Waals surface area contributed by atoms with Gasteiger partial charge in [0.25, 0.3) is 0 Å². The van der Waals surface area contributed by atoms with Crippen LogP contribution < -0.4 is 11.1 Å². The molecule has 0 aliphatic heterocycles. The largest absolute Gasteiger partial charge is 0.381 e. The van der Waals surface area contributed by atoms with Crippen molar-refractivity contribution in [2.45, 2.75) is 32.2 Å². The Bertz CT molecular complexity index is 675. The Balaban J connectivity index is 1.75. The van der Waals surface area contributed by atoms with Gasteiger partial charge in [0.15, 0.2) is 0 Å². The van der Waals surface area contributed by atoms with Gasteiger partial charge in [-0.05, 0) is 60.6 Å². The van der Waals surface area contributed by atoms with Crippen molar-refractivity contribution in [3.05, 3.63) is 64.7 Å². The SMILES string of the molecule is Cc1cc(C(N)=O)ccc1NCc1ccccc1C1CC1. The van der Waals surface area contributed by atoms with Crippen LogP contribution in [0, 0.1) is 6.92 Å². The Morgan fingerprint density at radius 2 is 2.00 bits per heavy atom. The summed E-state index contributed by atoms with van der Waals surface area (Å²) in [6.07, 6.45) is 2.62. The van der Waals surface area contributed by atoms with Crippen molar-refractivity contribution in [2.24, 2.45) is 5.73 Å². The van der Waals surface area contributed by atoms with Crippen molar-refractivity contribution in [1.29, 1.82) is 0 Å². The number of amides is 1. The zero-order valence-electron chi connectivity index (χ0n) is 12.2. The van der Waals surface area contributed by atoms with Gasteiger partial charge in [-0.25, -0.2) is 0 Å². The molecule has 108 valence electrons. The van der Waals surface area contributed by atoms with Crippen molar-refractivity contribution in [3.63, 3.8) is 0 Å². The van der Waals surface area contributed by atoms with Gasteiger partial charge in [0, 0.05) is 17.8 Å². The summed E-state index contributed by atoms with van der Waals surface area (Å²) < 4.78 is 0. The van der Waals surface area contributed by atoms with Crippen molar-refractivity contribution >= 4 is 11.6 Å². The van der Waals surface area contributed by atoms with Crippen molar-refractivity contribution in [3.8, 4) is 0 Å². The van der Waals surface area contributed by atoms with Crippen LogP contribution in [0.25, 0.3) is 0 Å². The predicted molar refractivity (Wildman–Crippen MR) is 85.4 cm³/mol. The number of nitrogens with one attached hydrogen (secondary N) is 1. The highest BCUT2D eigenvalue weighted by Gasteiger charge is 2.25. The van der Waals surface area contributed by atoms with Crippen LogP contribution in [0.3, 0.4) is 0 Å². The van der Waals surface area contributed by atoms with Crippen LogP contribution in [0.2, 0.25) is 0 Å². The Morgan fingerprint density at radius 3 is 2.67 bits per heavy atom. The lowest BCUT2D eigenvalue weighted by molar-refractivity contribution is 0.1000. The highest BCUT2D eigenvalue weighted by Crippen LogP contribution is 2.41. The molecule has 0 bridgehead atoms. The van der Waals surface area contributed by atoms with Gasteiger partial charge in [-0.2, -0.15) is 0 Å². The third-order valence-electron chi connectivity index (χ3n) is 4.05. The van der Waals surface area contributed by atoms with Gasteiger partial charge in [0.05, 0.1) is 0 Å². The monoisotopic (exact) mass is 280 g/mol. The summed E-state index contributed by atoms with van der Waals surface area (Å²) in [6.45, 7) is 2.80. The number of anilines is 1. The number of primary amides is 1. The molecule has 0 spiro atoms. The fourth-order valence-corrected chi connectivity index (χ4v) is 2.69. The van der Waals surface area contributed by atoms with Crippen LogP contribution in [0.1, 0.15) is 45.8 Å². The van der Waals surface area contributed by atoms with Crippen LogP contribution in [0.15, 0.2) is 42.5 Å². The normalized spacial score (nSPS) is 14.0. The van der Waals surface area contributed by atoms with Gasteiger partial charge in [-0.1, -0.05) is 24.3 Å². The molecule has 3 nitrogen and oxygen atoms in total. The molecule has 3 N–H and O–H groups in total. The van der Waals surface area contributed by atoms with E-state index in [0.717, 1.165) is 23.7 Å². The predicted octanol–water partition coefficient (Wildman–Crippen LogP) is 3.58. The summed E-state index contributed by atoms with van der Waals surface area (Å²) in [7, 11) is 0. The van der Waals surface area contributed by atoms with Crippen LogP contribution in [0.5, 0.6) is 0 Å². The quantitative estimate of drug-likeness (QED) is 0.879. The van der Waals surface area contributed by atoms with Gasteiger partial charge in [-0.15, -0.1) is 0 Å². The summed E-state index contributed by atoms with van der Waals surface area (Å²) in [6, 6.07) is 14.2. The molecule has 0 saturated heterocycles. The Kier molecular flexibility index (Phi) is 3.65. The van der Waals surface area contributed by atoms with Crippen molar-refractivity contribution in [1.82, 2.24) is 0 Å². The lowest BCUT2D eigenvalue weighted by atomic mass is 10.0. The molecular formula is C18H20N2O. The van der Waals surface area contributed by atoms with Crippen LogP contribution in [0.4, 0.5) is 5.69 Å². The molecule has 0 heterocycles. The second-order valence-electron chi connectivity index (χ2n) is 5.72. The van der Waals surface area contributed by atoms with E-state index < -0.39 is 0 Å². The number of rotatable bonds is 5. The second-order valence-corrected chi connectivity index (χ2v) is 5.72. The average molecular weight is 280 g/mol. The fourth-order valence-electron chi connectivity index (χ4n) is 2.69. The van der Waals surface area contributed by atoms with E-state index in [-0.39, 0.29) is 5.91 Å². The maximum Gasteiger partial charge on any atom is 0.248 e. The van der Waals surface area contributed by atoms with E-state index in [4.69, 9.17) is 5.73 Å². The molecule has 1 fully saturated rings. The molecule has 3 heteroatoms. The highest BCUT2D eigenvalue weighted by molar-refractivity contribution is 5.93. The lowest BCUT2D eigenvalue weighted by Gasteiger charge is -2.13. The molecule has 1 aliphatic carbocycles. The van der Waals surface area contributed by atoms with Crippen LogP contribution >= 0.6 is 0 Å². The third-order valence-corrected chi connectivity index (χ3v) is 4.05. The fraction of sp³-hybridized carbons (Fsp3) is 0.278. The van der Waals surface area contributed by atoms with Gasteiger partial charge in [0.1, 0.15) is 0 Å². The lowest BCUT2D eigenvalue weighted by Crippen LogP contribution is -2.11. The minimum absolute atomic E-state index is 0.385. The number of carbonyl (C=O) groups excluding carboxylic acids is 1. The molecule has 0 aromatic heterocycles. The van der Waals surface area contributed by atoms with E-state index in [9.17, 15) is 4.79 Å². The van der Waals surface area contributed by atoms with Gasteiger partial charge in [0.2, 0.25) is 5.91 Å². The third kappa shape index (κ3) is 3.07. The summed E-state index contributed by atoms with van der Waals surface area (Å²) in [5, 5.41) is 3.47. The van der Waals surface area contributed by atoms with Gasteiger partial charge in [-0.3, -0.25) is 4.79 Å². The molecule has 0 unspecified atom stereocenters. The van der Waals surface area contributed by atoms with Crippen molar-refractivity contribution < 1.29 is 4.79 Å². The number of aryl methyl sites for hydroxylation is 1. The minimum atomic E-state index is -0.385. The molecule has 1 saturated carbocycles. The number of hydrogen-bond acceptors (Lipinski definition) is 2. The topological polar surface area (TPSA) is 55.1 Å². The standard InChI is InChI=1S/C18H20N2O/c1-12-10-14(18(19)21)8-9-17(12)20-11-15-4-2-3-5-16(15)13-6-7-13/h2-5,8-10,13,20H,6-7,11H2,1H3,(H2,19,21). The number of hydrogen-bond donors (Lipinski definition) is 2. The molecule has 3 rings (SSSR count). The number of carbonyl (C=O) groups is 1. The molecule has 1 amide bonds. The van der Waals surface area contributed by atoms with Crippen molar-refractivity contribution in [2.75, 3.05) is 5.32 Å². The maximum atomic E-state index is 11.2. The average Bonchev–Trinajstić information content (AvgIpc) is 3.30. The molecule has 0 atom stereocenters. The van der Waals surface area contributed by atoms with E-state index in [0.29, 0.717) is 5.56 Å². The molecule has 0 radical (unpaired) electrons. The first-order chi connectivity index (χ1) is 10.1. The van der Waals surface area contributed by atoms with Crippen LogP contribution in [-0.4, -0.2) is 5.91 Å². The second kappa shape index (κ2) is 5.60. The first-order valence-corrected chi connectivity index (χ1v) is 7.37. The highest BCUT2D eigenvalue weighted by atomic mass is 16.1. The molecule has 1 aliphatic rings. The van der Waals surface area contributed by atoms with E-state index in [2.05, 4.69) is 29.6 Å². The number of benzene rings is 2. The summed E-state index contributed by atoms with van der Waals surface area (Å²) in [5.74, 6) is 0.366. The number of nitrogens with two attached hydrogens (primary N) is 1. The van der Waals surface area contributed by atoms with E-state index in [1.165, 1.54) is 24.0 Å². The molecule has 2 aromatic rings. The summed E-state index contributed by atoms with van der Waals surface area (Å²) in [4.78, 5) is 11.2. The zero-order valence-corrected chi connectivity index (χ0v) is 12.2. The minimum Gasteiger partial charge on any atom is -0.381 e. The Hall–Kier alpha value is -2.29. The molecule has 21 heavy (non-hydrogen) atoms. The Labute approximate surface area is 125 Å². The molecule has 2 aromatic carbocycles. The zero-order chi connectivity index (χ0) is 14.8. The van der Waals surface area contributed by atoms with E-state index >= 15 is 0 Å². The Morgan fingerprint density at radius 1 is 1.24 bits per heavy atom. The van der Waals surface area contributed by atoms with Crippen LogP contribution in [-0.2, 0) is 6.54 Å². The van der Waals surface area contributed by atoms with E-state index in [1.54, 1.807) is 6.07 Å². The smallest absolute Gasteiger partial charge is 0.248 e. The maximum absolute atomic E-state index is 11.2. The van der Waals surface area contributed by atoms with E-state index in [1.807, 2.05) is 19.1 Å². The summed E-state index contributed by atoms with van der Waals surface area (Å²) >= 11 is 0.